The number of hydrogen-bond donors (Lipinski definition) is 0. The highest BCUT2D eigenvalue weighted by Gasteiger charge is 2.51. The SMILES string of the molecule is C=C[C@H]1OC(COCc2ccccc2)[C@@H](OCc2ccccc2)C(OCc2ccccc2)C1O[Si](C)(C)C(C)(C)C. The third kappa shape index (κ3) is 8.71. The third-order valence-corrected chi connectivity index (χ3v) is 12.6. The van der Waals surface area contributed by atoms with Gasteiger partial charge in [0.05, 0.1) is 26.4 Å². The summed E-state index contributed by atoms with van der Waals surface area (Å²) in [5.74, 6) is 0. The Bertz CT molecular complexity index is 1180. The van der Waals surface area contributed by atoms with Crippen LogP contribution in [0.3, 0.4) is 0 Å². The van der Waals surface area contributed by atoms with E-state index >= 15 is 0 Å². The Morgan fingerprint density at radius 3 is 1.63 bits per heavy atom. The molecular weight excluding hydrogens is 528 g/mol. The first kappa shape index (κ1) is 31.4. The molecule has 3 unspecified atom stereocenters. The van der Waals surface area contributed by atoms with Crippen LogP contribution in [0.1, 0.15) is 37.5 Å². The summed E-state index contributed by atoms with van der Waals surface area (Å²) in [5, 5.41) is 0.0126. The van der Waals surface area contributed by atoms with E-state index < -0.39 is 20.5 Å². The van der Waals surface area contributed by atoms with Gasteiger partial charge < -0.3 is 23.4 Å². The van der Waals surface area contributed by atoms with E-state index in [2.05, 4.69) is 76.8 Å². The highest BCUT2D eigenvalue weighted by atomic mass is 28.4. The first-order valence-electron chi connectivity index (χ1n) is 14.6. The lowest BCUT2D eigenvalue weighted by Gasteiger charge is -2.49. The predicted molar refractivity (Wildman–Crippen MR) is 167 cm³/mol. The fourth-order valence-electron chi connectivity index (χ4n) is 4.71. The molecule has 1 saturated heterocycles. The minimum absolute atomic E-state index is 0.0126. The molecule has 0 bridgehead atoms. The Labute approximate surface area is 247 Å². The fraction of sp³-hybridized carbons (Fsp3) is 0.429. The molecule has 0 radical (unpaired) electrons. The van der Waals surface area contributed by atoms with Crippen molar-refractivity contribution >= 4 is 8.32 Å². The summed E-state index contributed by atoms with van der Waals surface area (Å²) < 4.78 is 33.4. The van der Waals surface area contributed by atoms with Gasteiger partial charge >= 0.3 is 0 Å². The first-order chi connectivity index (χ1) is 19.7. The molecule has 4 rings (SSSR count). The van der Waals surface area contributed by atoms with E-state index in [-0.39, 0.29) is 23.4 Å². The molecule has 220 valence electrons. The van der Waals surface area contributed by atoms with Crippen LogP contribution in [0, 0.1) is 0 Å². The van der Waals surface area contributed by atoms with Gasteiger partial charge in [-0.25, -0.2) is 0 Å². The molecule has 1 heterocycles. The maximum absolute atomic E-state index is 7.05. The lowest BCUT2D eigenvalue weighted by Crippen LogP contribution is -2.63. The number of rotatable bonds is 13. The zero-order valence-electron chi connectivity index (χ0n) is 25.2. The summed E-state index contributed by atoms with van der Waals surface area (Å²) in [6.45, 7) is 17.1. The highest BCUT2D eigenvalue weighted by molar-refractivity contribution is 6.74. The minimum atomic E-state index is -2.20. The molecule has 0 aromatic heterocycles. The maximum Gasteiger partial charge on any atom is 0.192 e. The molecule has 0 N–H and O–H groups in total. The van der Waals surface area contributed by atoms with Crippen molar-refractivity contribution < 1.29 is 23.4 Å². The highest BCUT2D eigenvalue weighted by Crippen LogP contribution is 2.40. The van der Waals surface area contributed by atoms with Crippen LogP contribution in [0.15, 0.2) is 104 Å². The Hall–Kier alpha value is -2.58. The molecular formula is C35H46O5Si. The Morgan fingerprint density at radius 2 is 1.17 bits per heavy atom. The van der Waals surface area contributed by atoms with Crippen LogP contribution in [-0.4, -0.2) is 45.4 Å². The van der Waals surface area contributed by atoms with Crippen molar-refractivity contribution in [2.75, 3.05) is 6.61 Å². The van der Waals surface area contributed by atoms with Crippen molar-refractivity contribution in [2.45, 2.75) is 89.2 Å². The van der Waals surface area contributed by atoms with Crippen LogP contribution in [0.5, 0.6) is 0 Å². The summed E-state index contributed by atoms with van der Waals surface area (Å²) in [5.41, 5.74) is 3.30. The van der Waals surface area contributed by atoms with Crippen molar-refractivity contribution in [1.29, 1.82) is 0 Å². The Balaban J connectivity index is 1.63. The average molecular weight is 575 g/mol. The lowest BCUT2D eigenvalue weighted by atomic mass is 9.94. The minimum Gasteiger partial charge on any atom is -0.408 e. The molecule has 1 fully saturated rings. The van der Waals surface area contributed by atoms with Gasteiger partial charge in [-0.15, -0.1) is 6.58 Å². The summed E-state index contributed by atoms with van der Waals surface area (Å²) in [6.07, 6.45) is -0.0785. The van der Waals surface area contributed by atoms with Gasteiger partial charge in [-0.3, -0.25) is 0 Å². The molecule has 5 atom stereocenters. The smallest absolute Gasteiger partial charge is 0.192 e. The van der Waals surface area contributed by atoms with E-state index in [1.807, 2.05) is 60.7 Å². The summed E-state index contributed by atoms with van der Waals surface area (Å²) in [4.78, 5) is 0. The van der Waals surface area contributed by atoms with Crippen molar-refractivity contribution in [3.05, 3.63) is 120 Å². The fourth-order valence-corrected chi connectivity index (χ4v) is 6.01. The van der Waals surface area contributed by atoms with Gasteiger partial charge in [0.1, 0.15) is 30.5 Å². The Kier molecular flexibility index (Phi) is 11.1. The standard InChI is InChI=1S/C35H46O5Si/c1-7-30-33(40-41(5,6)35(2,3)4)34(38-25-29-21-15-10-16-22-29)32(37-24-28-19-13-9-14-20-28)31(39-30)26-36-23-27-17-11-8-12-18-27/h7-22,30-34H,1,23-26H2,2-6H3/t30-,31?,32-,33?,34?/m1/s1. The van der Waals surface area contributed by atoms with E-state index in [1.54, 1.807) is 0 Å². The van der Waals surface area contributed by atoms with E-state index in [4.69, 9.17) is 23.4 Å². The zero-order valence-corrected chi connectivity index (χ0v) is 26.2. The predicted octanol–water partition coefficient (Wildman–Crippen LogP) is 7.72. The molecule has 3 aromatic carbocycles. The molecule has 1 aliphatic rings. The van der Waals surface area contributed by atoms with Crippen molar-refractivity contribution in [3.8, 4) is 0 Å². The van der Waals surface area contributed by atoms with Crippen molar-refractivity contribution in [1.82, 2.24) is 0 Å². The van der Waals surface area contributed by atoms with Gasteiger partial charge in [0.2, 0.25) is 0 Å². The third-order valence-electron chi connectivity index (χ3n) is 8.10. The average Bonchev–Trinajstić information content (AvgIpc) is 2.97. The summed E-state index contributed by atoms with van der Waals surface area (Å²) >= 11 is 0. The van der Waals surface area contributed by atoms with Gasteiger partial charge in [-0.1, -0.05) is 118 Å². The molecule has 0 amide bonds. The van der Waals surface area contributed by atoms with Crippen LogP contribution < -0.4 is 0 Å². The second kappa shape index (κ2) is 14.5. The normalized spacial score (nSPS) is 23.3. The number of ether oxygens (including phenoxy) is 4. The number of benzene rings is 3. The molecule has 41 heavy (non-hydrogen) atoms. The van der Waals surface area contributed by atoms with Gasteiger partial charge in [-0.05, 0) is 34.8 Å². The molecule has 0 saturated carbocycles. The number of hydrogen-bond acceptors (Lipinski definition) is 5. The molecule has 0 aliphatic carbocycles. The van der Waals surface area contributed by atoms with Gasteiger partial charge in [0.25, 0.3) is 0 Å². The van der Waals surface area contributed by atoms with E-state index in [1.165, 1.54) is 0 Å². The van der Waals surface area contributed by atoms with Crippen LogP contribution in [-0.2, 0) is 43.2 Å². The van der Waals surface area contributed by atoms with Crippen LogP contribution in [0.2, 0.25) is 18.1 Å². The largest absolute Gasteiger partial charge is 0.408 e. The maximum atomic E-state index is 7.05. The van der Waals surface area contributed by atoms with E-state index in [0.717, 1.165) is 16.7 Å². The lowest BCUT2D eigenvalue weighted by molar-refractivity contribution is -0.248. The van der Waals surface area contributed by atoms with Crippen molar-refractivity contribution in [3.63, 3.8) is 0 Å². The second-order valence-corrected chi connectivity index (χ2v) is 17.0. The van der Waals surface area contributed by atoms with Gasteiger partial charge in [0.15, 0.2) is 8.32 Å². The van der Waals surface area contributed by atoms with Gasteiger partial charge in [-0.2, -0.15) is 0 Å². The van der Waals surface area contributed by atoms with E-state index in [0.29, 0.717) is 26.4 Å². The summed E-state index contributed by atoms with van der Waals surface area (Å²) in [7, 11) is -2.20. The molecule has 5 nitrogen and oxygen atoms in total. The Morgan fingerprint density at radius 1 is 0.707 bits per heavy atom. The molecule has 3 aromatic rings. The quantitative estimate of drug-likeness (QED) is 0.155. The summed E-state index contributed by atoms with van der Waals surface area (Å²) in [6, 6.07) is 30.6. The first-order valence-corrected chi connectivity index (χ1v) is 17.5. The van der Waals surface area contributed by atoms with Crippen LogP contribution >= 0.6 is 0 Å². The molecule has 0 spiro atoms. The van der Waals surface area contributed by atoms with Crippen LogP contribution in [0.4, 0.5) is 0 Å². The second-order valence-electron chi connectivity index (χ2n) is 12.2. The topological polar surface area (TPSA) is 46.2 Å². The van der Waals surface area contributed by atoms with Gasteiger partial charge in [0, 0.05) is 0 Å². The zero-order chi connectivity index (χ0) is 29.3. The van der Waals surface area contributed by atoms with Crippen LogP contribution in [0.25, 0.3) is 0 Å². The monoisotopic (exact) mass is 574 g/mol. The van der Waals surface area contributed by atoms with Crippen molar-refractivity contribution in [2.24, 2.45) is 0 Å². The molecule has 1 aliphatic heterocycles. The van der Waals surface area contributed by atoms with E-state index in [9.17, 15) is 0 Å². The molecule has 6 heteroatoms.